The largest absolute Gasteiger partial charge is 0.481 e. The minimum Gasteiger partial charge on any atom is -0.481 e. The van der Waals surface area contributed by atoms with Crippen LogP contribution in [-0.4, -0.2) is 34.3 Å². The zero-order valence-electron chi connectivity index (χ0n) is 12.6. The number of carboxylic acid groups (broad SMARTS) is 1. The molecule has 0 bridgehead atoms. The highest BCUT2D eigenvalue weighted by Crippen LogP contribution is 2.18. The van der Waals surface area contributed by atoms with Gasteiger partial charge in [0.05, 0.1) is 18.6 Å². The highest BCUT2D eigenvalue weighted by molar-refractivity contribution is 5.70. The monoisotopic (exact) mass is 282 g/mol. The first-order valence-corrected chi connectivity index (χ1v) is 6.59. The van der Waals surface area contributed by atoms with E-state index in [4.69, 9.17) is 9.84 Å². The van der Waals surface area contributed by atoms with Crippen LogP contribution in [0.25, 0.3) is 0 Å². The molecule has 1 N–H and O–H groups in total. The van der Waals surface area contributed by atoms with Gasteiger partial charge in [-0.05, 0) is 32.8 Å². The SMILES string of the molecule is COCC(C)n1c(C)c(CC(C)C(=O)O)c(C)nc1=O. The first kappa shape index (κ1) is 16.4. The Morgan fingerprint density at radius 2 is 2.00 bits per heavy atom. The molecule has 6 nitrogen and oxygen atoms in total. The molecule has 0 radical (unpaired) electrons. The first-order chi connectivity index (χ1) is 9.29. The van der Waals surface area contributed by atoms with Gasteiger partial charge in [0.1, 0.15) is 0 Å². The Hall–Kier alpha value is -1.69. The molecule has 1 aromatic heterocycles. The van der Waals surface area contributed by atoms with Crippen molar-refractivity contribution in [2.45, 2.75) is 40.2 Å². The van der Waals surface area contributed by atoms with Gasteiger partial charge >= 0.3 is 11.7 Å². The third-order valence-electron chi connectivity index (χ3n) is 3.48. The molecule has 0 aliphatic heterocycles. The normalized spacial score (nSPS) is 14.1. The van der Waals surface area contributed by atoms with E-state index < -0.39 is 11.9 Å². The lowest BCUT2D eigenvalue weighted by atomic mass is 9.98. The third-order valence-corrected chi connectivity index (χ3v) is 3.48. The van der Waals surface area contributed by atoms with Crippen LogP contribution in [0.15, 0.2) is 4.79 Å². The van der Waals surface area contributed by atoms with Gasteiger partial charge in [-0.15, -0.1) is 0 Å². The van der Waals surface area contributed by atoms with Crippen molar-refractivity contribution >= 4 is 5.97 Å². The van der Waals surface area contributed by atoms with Gasteiger partial charge in [0.25, 0.3) is 0 Å². The number of ether oxygens (including phenoxy) is 1. The van der Waals surface area contributed by atoms with Crippen molar-refractivity contribution in [2.24, 2.45) is 5.92 Å². The van der Waals surface area contributed by atoms with Gasteiger partial charge in [-0.1, -0.05) is 6.92 Å². The topological polar surface area (TPSA) is 81.4 Å². The molecule has 0 aliphatic rings. The van der Waals surface area contributed by atoms with Crippen molar-refractivity contribution in [2.75, 3.05) is 13.7 Å². The molecule has 0 saturated carbocycles. The summed E-state index contributed by atoms with van der Waals surface area (Å²) in [5.74, 6) is -1.37. The van der Waals surface area contributed by atoms with Gasteiger partial charge in [0.15, 0.2) is 0 Å². The molecule has 0 spiro atoms. The number of hydrogen-bond acceptors (Lipinski definition) is 4. The number of hydrogen-bond donors (Lipinski definition) is 1. The van der Waals surface area contributed by atoms with Crippen molar-refractivity contribution in [3.8, 4) is 0 Å². The van der Waals surface area contributed by atoms with Gasteiger partial charge in [-0.3, -0.25) is 9.36 Å². The standard InChI is InChI=1S/C14H22N2O4/c1-8(13(17)18)6-12-10(3)15-14(19)16(11(12)4)9(2)7-20-5/h8-9H,6-7H2,1-5H3,(H,17,18). The quantitative estimate of drug-likeness (QED) is 0.851. The van der Waals surface area contributed by atoms with Crippen LogP contribution in [-0.2, 0) is 16.0 Å². The van der Waals surface area contributed by atoms with Crippen LogP contribution in [0.3, 0.4) is 0 Å². The summed E-state index contributed by atoms with van der Waals surface area (Å²) in [4.78, 5) is 27.0. The van der Waals surface area contributed by atoms with E-state index in [1.54, 1.807) is 25.5 Å². The van der Waals surface area contributed by atoms with E-state index in [2.05, 4.69) is 4.98 Å². The lowest BCUT2D eigenvalue weighted by molar-refractivity contribution is -0.141. The molecular formula is C14H22N2O4. The maximum absolute atomic E-state index is 12.0. The van der Waals surface area contributed by atoms with Gasteiger partial charge in [-0.25, -0.2) is 4.79 Å². The molecule has 1 rings (SSSR count). The predicted octanol–water partition coefficient (Wildman–Crippen LogP) is 1.33. The number of nitrogens with zero attached hydrogens (tertiary/aromatic N) is 2. The van der Waals surface area contributed by atoms with E-state index in [0.717, 1.165) is 11.3 Å². The molecule has 0 saturated heterocycles. The average Bonchev–Trinajstić information content (AvgIpc) is 2.33. The van der Waals surface area contributed by atoms with Crippen LogP contribution < -0.4 is 5.69 Å². The van der Waals surface area contributed by atoms with E-state index in [1.807, 2.05) is 13.8 Å². The Balaban J connectivity index is 3.29. The summed E-state index contributed by atoms with van der Waals surface area (Å²) in [7, 11) is 1.58. The van der Waals surface area contributed by atoms with E-state index in [9.17, 15) is 9.59 Å². The fourth-order valence-corrected chi connectivity index (χ4v) is 2.34. The van der Waals surface area contributed by atoms with Gasteiger partial charge in [0, 0.05) is 18.5 Å². The lowest BCUT2D eigenvalue weighted by Gasteiger charge is -2.21. The first-order valence-electron chi connectivity index (χ1n) is 6.59. The Bertz CT molecular complexity index is 551. The Morgan fingerprint density at radius 1 is 1.40 bits per heavy atom. The second-order valence-corrected chi connectivity index (χ2v) is 5.16. The fourth-order valence-electron chi connectivity index (χ4n) is 2.34. The number of methoxy groups -OCH3 is 1. The maximum Gasteiger partial charge on any atom is 0.348 e. The summed E-state index contributed by atoms with van der Waals surface area (Å²) in [5.41, 5.74) is 1.86. The molecule has 0 aliphatic carbocycles. The van der Waals surface area contributed by atoms with Crippen LogP contribution in [0.5, 0.6) is 0 Å². The highest BCUT2D eigenvalue weighted by Gasteiger charge is 2.20. The minimum absolute atomic E-state index is 0.139. The molecule has 20 heavy (non-hydrogen) atoms. The van der Waals surface area contributed by atoms with Crippen molar-refractivity contribution in [1.29, 1.82) is 0 Å². The summed E-state index contributed by atoms with van der Waals surface area (Å²) in [6.07, 6.45) is 0.361. The molecule has 2 unspecified atom stereocenters. The van der Waals surface area contributed by atoms with Crippen molar-refractivity contribution in [3.05, 3.63) is 27.4 Å². The van der Waals surface area contributed by atoms with Crippen LogP contribution in [0, 0.1) is 19.8 Å². The van der Waals surface area contributed by atoms with Gasteiger partial charge in [0.2, 0.25) is 0 Å². The van der Waals surface area contributed by atoms with Crippen molar-refractivity contribution in [1.82, 2.24) is 9.55 Å². The molecule has 2 atom stereocenters. The number of carboxylic acids is 1. The predicted molar refractivity (Wildman–Crippen MR) is 75.1 cm³/mol. The number of carbonyl (C=O) groups is 1. The summed E-state index contributed by atoms with van der Waals surface area (Å²) in [6, 6.07) is -0.139. The number of aliphatic carboxylic acids is 1. The number of rotatable bonds is 6. The van der Waals surface area contributed by atoms with E-state index >= 15 is 0 Å². The number of aryl methyl sites for hydroxylation is 1. The average molecular weight is 282 g/mol. The maximum atomic E-state index is 12.0. The summed E-state index contributed by atoms with van der Waals surface area (Å²) >= 11 is 0. The second kappa shape index (κ2) is 6.65. The van der Waals surface area contributed by atoms with Gasteiger partial charge < -0.3 is 9.84 Å². The lowest BCUT2D eigenvalue weighted by Crippen LogP contribution is -2.32. The van der Waals surface area contributed by atoms with E-state index in [1.165, 1.54) is 0 Å². The minimum atomic E-state index is -0.855. The number of aromatic nitrogens is 2. The molecule has 112 valence electrons. The van der Waals surface area contributed by atoms with Crippen LogP contribution >= 0.6 is 0 Å². The van der Waals surface area contributed by atoms with Crippen LogP contribution in [0.4, 0.5) is 0 Å². The Kier molecular flexibility index (Phi) is 5.44. The van der Waals surface area contributed by atoms with Crippen molar-refractivity contribution < 1.29 is 14.6 Å². The zero-order chi connectivity index (χ0) is 15.4. The molecule has 1 aromatic rings. The van der Waals surface area contributed by atoms with E-state index in [0.29, 0.717) is 18.7 Å². The Labute approximate surface area is 118 Å². The summed E-state index contributed by atoms with van der Waals surface area (Å²) < 4.78 is 6.65. The highest BCUT2D eigenvalue weighted by atomic mass is 16.5. The van der Waals surface area contributed by atoms with Crippen LogP contribution in [0.2, 0.25) is 0 Å². The molecular weight excluding hydrogens is 260 g/mol. The molecule has 0 aromatic carbocycles. The fraction of sp³-hybridized carbons (Fsp3) is 0.643. The summed E-state index contributed by atoms with van der Waals surface area (Å²) in [5, 5.41) is 9.03. The zero-order valence-corrected chi connectivity index (χ0v) is 12.6. The molecule has 6 heteroatoms. The smallest absolute Gasteiger partial charge is 0.348 e. The third kappa shape index (κ3) is 3.45. The molecule has 0 fully saturated rings. The summed E-state index contributed by atoms with van der Waals surface area (Å²) in [6.45, 7) is 7.49. The van der Waals surface area contributed by atoms with Crippen LogP contribution in [0.1, 0.15) is 36.8 Å². The molecule has 0 amide bonds. The van der Waals surface area contributed by atoms with Crippen molar-refractivity contribution in [3.63, 3.8) is 0 Å². The second-order valence-electron chi connectivity index (χ2n) is 5.16. The Morgan fingerprint density at radius 3 is 2.50 bits per heavy atom. The van der Waals surface area contributed by atoms with Gasteiger partial charge in [-0.2, -0.15) is 4.98 Å². The molecule has 1 heterocycles. The van der Waals surface area contributed by atoms with E-state index in [-0.39, 0.29) is 11.7 Å².